The van der Waals surface area contributed by atoms with Gasteiger partial charge in [0.15, 0.2) is 17.8 Å². The van der Waals surface area contributed by atoms with Gasteiger partial charge in [0.2, 0.25) is 0 Å². The predicted molar refractivity (Wildman–Crippen MR) is 80.6 cm³/mol. The molecular formula is C17H18O4. The van der Waals surface area contributed by atoms with E-state index in [2.05, 4.69) is 0 Å². The highest BCUT2D eigenvalue weighted by Gasteiger charge is 2.07. The molecule has 0 amide bonds. The van der Waals surface area contributed by atoms with Gasteiger partial charge in [0.05, 0.1) is 12.7 Å². The summed E-state index contributed by atoms with van der Waals surface area (Å²) in [6.45, 7) is 2.63. The Morgan fingerprint density at radius 1 is 0.952 bits per heavy atom. The van der Waals surface area contributed by atoms with Crippen LogP contribution in [0.15, 0.2) is 42.5 Å². The van der Waals surface area contributed by atoms with E-state index in [0.717, 1.165) is 11.8 Å². The SMILES string of the molecule is COc1ccccc1OCCOc1c(C)cccc1C=O. The Morgan fingerprint density at radius 3 is 2.38 bits per heavy atom. The molecule has 0 fully saturated rings. The van der Waals surface area contributed by atoms with Gasteiger partial charge in [0, 0.05) is 0 Å². The molecule has 0 aliphatic rings. The summed E-state index contributed by atoms with van der Waals surface area (Å²) >= 11 is 0. The fourth-order valence-electron chi connectivity index (χ4n) is 2.00. The van der Waals surface area contributed by atoms with E-state index in [1.54, 1.807) is 13.2 Å². The van der Waals surface area contributed by atoms with Crippen molar-refractivity contribution in [1.82, 2.24) is 0 Å². The molecule has 2 rings (SSSR count). The average Bonchev–Trinajstić information content (AvgIpc) is 2.52. The number of rotatable bonds is 7. The van der Waals surface area contributed by atoms with Crippen LogP contribution >= 0.6 is 0 Å². The fourth-order valence-corrected chi connectivity index (χ4v) is 2.00. The molecule has 0 unspecified atom stereocenters. The molecule has 21 heavy (non-hydrogen) atoms. The van der Waals surface area contributed by atoms with Crippen LogP contribution in [0.5, 0.6) is 17.2 Å². The number of benzene rings is 2. The van der Waals surface area contributed by atoms with E-state index in [9.17, 15) is 4.79 Å². The molecule has 0 aromatic heterocycles. The average molecular weight is 286 g/mol. The summed E-state index contributed by atoms with van der Waals surface area (Å²) < 4.78 is 16.5. The van der Waals surface area contributed by atoms with E-state index in [1.165, 1.54) is 0 Å². The smallest absolute Gasteiger partial charge is 0.161 e. The lowest BCUT2D eigenvalue weighted by molar-refractivity contribution is 0.111. The largest absolute Gasteiger partial charge is 0.493 e. The topological polar surface area (TPSA) is 44.8 Å². The normalized spacial score (nSPS) is 10.0. The number of carbonyl (C=O) groups is 1. The van der Waals surface area contributed by atoms with Gasteiger partial charge in [-0.3, -0.25) is 4.79 Å². The second kappa shape index (κ2) is 7.33. The van der Waals surface area contributed by atoms with Gasteiger partial charge in [-0.25, -0.2) is 0 Å². The maximum absolute atomic E-state index is 11.0. The van der Waals surface area contributed by atoms with Crippen molar-refractivity contribution in [3.05, 3.63) is 53.6 Å². The Bertz CT molecular complexity index is 607. The van der Waals surface area contributed by atoms with Crippen molar-refractivity contribution in [3.8, 4) is 17.2 Å². The summed E-state index contributed by atoms with van der Waals surface area (Å²) in [6, 6.07) is 12.9. The van der Waals surface area contributed by atoms with Crippen LogP contribution in [-0.2, 0) is 0 Å². The highest BCUT2D eigenvalue weighted by atomic mass is 16.5. The van der Waals surface area contributed by atoms with Crippen LogP contribution in [-0.4, -0.2) is 26.6 Å². The number of methoxy groups -OCH3 is 1. The standard InChI is InChI=1S/C17H18O4/c1-13-6-5-7-14(12-18)17(13)21-11-10-20-16-9-4-3-8-15(16)19-2/h3-9,12H,10-11H2,1-2H3. The molecule has 0 heterocycles. The lowest BCUT2D eigenvalue weighted by atomic mass is 10.1. The summed E-state index contributed by atoms with van der Waals surface area (Å²) in [5.74, 6) is 1.96. The molecule has 4 heteroatoms. The summed E-state index contributed by atoms with van der Waals surface area (Å²) in [5, 5.41) is 0. The third-order valence-corrected chi connectivity index (χ3v) is 3.03. The molecule has 0 spiro atoms. The lowest BCUT2D eigenvalue weighted by Crippen LogP contribution is -2.11. The van der Waals surface area contributed by atoms with E-state index in [1.807, 2.05) is 43.3 Å². The first-order valence-electron chi connectivity index (χ1n) is 6.69. The molecule has 0 saturated heterocycles. The Labute approximate surface area is 124 Å². The number of aryl methyl sites for hydroxylation is 1. The van der Waals surface area contributed by atoms with Crippen LogP contribution in [0, 0.1) is 6.92 Å². The van der Waals surface area contributed by atoms with Gasteiger partial charge >= 0.3 is 0 Å². The minimum absolute atomic E-state index is 0.351. The maximum Gasteiger partial charge on any atom is 0.161 e. The van der Waals surface area contributed by atoms with Gasteiger partial charge in [-0.05, 0) is 30.7 Å². The molecule has 0 atom stereocenters. The summed E-state index contributed by atoms with van der Waals surface area (Å²) in [6.07, 6.45) is 0.795. The van der Waals surface area contributed by atoms with Crippen molar-refractivity contribution >= 4 is 6.29 Å². The first-order chi connectivity index (χ1) is 10.3. The number of carbonyl (C=O) groups excluding carboxylic acids is 1. The number of ether oxygens (including phenoxy) is 3. The fraction of sp³-hybridized carbons (Fsp3) is 0.235. The molecule has 0 bridgehead atoms. The van der Waals surface area contributed by atoms with E-state index >= 15 is 0 Å². The monoisotopic (exact) mass is 286 g/mol. The zero-order valence-corrected chi connectivity index (χ0v) is 12.2. The Kier molecular flexibility index (Phi) is 5.21. The van der Waals surface area contributed by atoms with Crippen LogP contribution < -0.4 is 14.2 Å². The molecule has 0 saturated carbocycles. The minimum Gasteiger partial charge on any atom is -0.493 e. The van der Waals surface area contributed by atoms with Gasteiger partial charge in [0.1, 0.15) is 19.0 Å². The second-order valence-corrected chi connectivity index (χ2v) is 4.46. The molecule has 0 radical (unpaired) electrons. The molecule has 2 aromatic carbocycles. The van der Waals surface area contributed by atoms with E-state index in [-0.39, 0.29) is 0 Å². The summed E-state index contributed by atoms with van der Waals surface area (Å²) in [4.78, 5) is 11.0. The lowest BCUT2D eigenvalue weighted by Gasteiger charge is -2.13. The van der Waals surface area contributed by atoms with Crippen molar-refractivity contribution in [2.45, 2.75) is 6.92 Å². The van der Waals surface area contributed by atoms with E-state index in [0.29, 0.717) is 36.0 Å². The Balaban J connectivity index is 1.92. The van der Waals surface area contributed by atoms with Crippen molar-refractivity contribution in [1.29, 1.82) is 0 Å². The van der Waals surface area contributed by atoms with E-state index in [4.69, 9.17) is 14.2 Å². The van der Waals surface area contributed by atoms with Crippen LogP contribution in [0.2, 0.25) is 0 Å². The minimum atomic E-state index is 0.351. The zero-order valence-electron chi connectivity index (χ0n) is 12.2. The second-order valence-electron chi connectivity index (χ2n) is 4.46. The van der Waals surface area contributed by atoms with Crippen LogP contribution in [0.25, 0.3) is 0 Å². The molecule has 110 valence electrons. The number of hydrogen-bond acceptors (Lipinski definition) is 4. The van der Waals surface area contributed by atoms with Crippen molar-refractivity contribution in [3.63, 3.8) is 0 Å². The third-order valence-electron chi connectivity index (χ3n) is 3.03. The van der Waals surface area contributed by atoms with Crippen LogP contribution in [0.1, 0.15) is 15.9 Å². The van der Waals surface area contributed by atoms with Gasteiger partial charge in [-0.2, -0.15) is 0 Å². The van der Waals surface area contributed by atoms with Crippen molar-refractivity contribution in [2.75, 3.05) is 20.3 Å². The predicted octanol–water partition coefficient (Wildman–Crippen LogP) is 3.27. The summed E-state index contributed by atoms with van der Waals surface area (Å²) in [5.41, 5.74) is 1.48. The number of aldehydes is 1. The number of para-hydroxylation sites is 3. The first kappa shape index (κ1) is 14.9. The number of hydrogen-bond donors (Lipinski definition) is 0. The quantitative estimate of drug-likeness (QED) is 0.579. The molecular weight excluding hydrogens is 268 g/mol. The highest BCUT2D eigenvalue weighted by molar-refractivity contribution is 5.80. The van der Waals surface area contributed by atoms with Gasteiger partial charge in [-0.15, -0.1) is 0 Å². The molecule has 4 nitrogen and oxygen atoms in total. The Morgan fingerprint density at radius 2 is 1.67 bits per heavy atom. The third kappa shape index (κ3) is 3.75. The molecule has 0 aliphatic carbocycles. The van der Waals surface area contributed by atoms with Crippen LogP contribution in [0.3, 0.4) is 0 Å². The molecule has 0 N–H and O–H groups in total. The van der Waals surface area contributed by atoms with Crippen molar-refractivity contribution in [2.24, 2.45) is 0 Å². The zero-order chi connectivity index (χ0) is 15.1. The van der Waals surface area contributed by atoms with Gasteiger partial charge < -0.3 is 14.2 Å². The molecule has 0 aliphatic heterocycles. The highest BCUT2D eigenvalue weighted by Crippen LogP contribution is 2.26. The van der Waals surface area contributed by atoms with Gasteiger partial charge in [-0.1, -0.05) is 24.3 Å². The van der Waals surface area contributed by atoms with Gasteiger partial charge in [0.25, 0.3) is 0 Å². The van der Waals surface area contributed by atoms with E-state index < -0.39 is 0 Å². The summed E-state index contributed by atoms with van der Waals surface area (Å²) in [7, 11) is 1.60. The Hall–Kier alpha value is -2.49. The maximum atomic E-state index is 11.0. The van der Waals surface area contributed by atoms with Crippen molar-refractivity contribution < 1.29 is 19.0 Å². The first-order valence-corrected chi connectivity index (χ1v) is 6.69. The van der Waals surface area contributed by atoms with Crippen LogP contribution in [0.4, 0.5) is 0 Å². The molecule has 2 aromatic rings.